The molecule has 0 saturated heterocycles. The summed E-state index contributed by atoms with van der Waals surface area (Å²) in [6.07, 6.45) is 0.988. The average Bonchev–Trinajstić information content (AvgIpc) is 3.06. The van der Waals surface area contributed by atoms with E-state index < -0.39 is 22.0 Å². The van der Waals surface area contributed by atoms with Crippen LogP contribution >= 0.6 is 0 Å². The van der Waals surface area contributed by atoms with E-state index in [4.69, 9.17) is 4.42 Å². The Morgan fingerprint density at radius 3 is 2.75 bits per heavy atom. The zero-order valence-corrected chi connectivity index (χ0v) is 14.0. The van der Waals surface area contributed by atoms with Crippen LogP contribution in [0, 0.1) is 0 Å². The normalized spacial score (nSPS) is 12.6. The van der Waals surface area contributed by atoms with Gasteiger partial charge in [0, 0.05) is 11.3 Å². The van der Waals surface area contributed by atoms with Gasteiger partial charge >= 0.3 is 0 Å². The van der Waals surface area contributed by atoms with Crippen LogP contribution in [-0.4, -0.2) is 31.7 Å². The third-order valence-electron chi connectivity index (χ3n) is 3.20. The first-order chi connectivity index (χ1) is 11.4. The Bertz CT molecular complexity index is 772. The van der Waals surface area contributed by atoms with Crippen molar-refractivity contribution in [3.63, 3.8) is 0 Å². The van der Waals surface area contributed by atoms with E-state index >= 15 is 0 Å². The topological polar surface area (TPSA) is 109 Å². The number of nitrogens with one attached hydrogen (secondary N) is 2. The summed E-state index contributed by atoms with van der Waals surface area (Å²) in [6.45, 7) is 1.76. The monoisotopic (exact) mass is 352 g/mol. The fourth-order valence-corrected chi connectivity index (χ4v) is 3.22. The molecule has 0 aliphatic rings. The largest absolute Gasteiger partial charge is 0.467 e. The first kappa shape index (κ1) is 18.0. The van der Waals surface area contributed by atoms with Crippen LogP contribution in [0.5, 0.6) is 0 Å². The summed E-state index contributed by atoms with van der Waals surface area (Å²) in [4.78, 5) is 12.1. The molecule has 1 aromatic heterocycles. The second-order valence-electron chi connectivity index (χ2n) is 5.24. The number of aliphatic hydroxyl groups excluding tert-OH is 1. The fourth-order valence-electron chi connectivity index (χ4n) is 2.10. The van der Waals surface area contributed by atoms with Crippen molar-refractivity contribution < 1.29 is 22.7 Å². The number of carbonyl (C=O) groups excluding carboxylic acids is 1. The van der Waals surface area contributed by atoms with E-state index in [1.165, 1.54) is 12.3 Å². The maximum atomic E-state index is 12.1. The van der Waals surface area contributed by atoms with Crippen molar-refractivity contribution in [2.24, 2.45) is 0 Å². The van der Waals surface area contributed by atoms with Crippen molar-refractivity contribution in [2.75, 3.05) is 17.0 Å². The van der Waals surface area contributed by atoms with Crippen molar-refractivity contribution in [1.29, 1.82) is 0 Å². The molecule has 0 aliphatic heterocycles. The lowest BCUT2D eigenvalue weighted by Gasteiger charge is -2.11. The summed E-state index contributed by atoms with van der Waals surface area (Å²) >= 11 is 0. The molecule has 0 spiro atoms. The number of rotatable bonds is 8. The molecule has 1 heterocycles. The molecule has 0 radical (unpaired) electrons. The minimum atomic E-state index is -3.42. The maximum Gasteiger partial charge on any atom is 0.251 e. The first-order valence-corrected chi connectivity index (χ1v) is 9.16. The van der Waals surface area contributed by atoms with Gasteiger partial charge in [0.05, 0.1) is 18.6 Å². The van der Waals surface area contributed by atoms with Gasteiger partial charge in [-0.2, -0.15) is 0 Å². The highest BCUT2D eigenvalue weighted by atomic mass is 32.2. The number of sulfonamides is 1. The van der Waals surface area contributed by atoms with Gasteiger partial charge in [-0.05, 0) is 36.8 Å². The Morgan fingerprint density at radius 1 is 1.29 bits per heavy atom. The Balaban J connectivity index is 1.98. The van der Waals surface area contributed by atoms with Crippen LogP contribution in [0.25, 0.3) is 0 Å². The van der Waals surface area contributed by atoms with Crippen LogP contribution in [0.3, 0.4) is 0 Å². The molecule has 0 bridgehead atoms. The van der Waals surface area contributed by atoms with Crippen molar-refractivity contribution in [2.45, 2.75) is 19.4 Å². The van der Waals surface area contributed by atoms with Crippen LogP contribution in [0.4, 0.5) is 5.69 Å². The van der Waals surface area contributed by atoms with Crippen LogP contribution in [0.1, 0.15) is 35.6 Å². The lowest BCUT2D eigenvalue weighted by Crippen LogP contribution is -2.28. The van der Waals surface area contributed by atoms with Gasteiger partial charge in [-0.1, -0.05) is 13.0 Å². The van der Waals surface area contributed by atoms with Gasteiger partial charge in [0.15, 0.2) is 0 Å². The second-order valence-corrected chi connectivity index (χ2v) is 7.08. The molecule has 8 heteroatoms. The average molecular weight is 352 g/mol. The number of hydrogen-bond acceptors (Lipinski definition) is 5. The van der Waals surface area contributed by atoms with Gasteiger partial charge in [-0.15, -0.1) is 0 Å². The molecule has 1 atom stereocenters. The molecule has 130 valence electrons. The third-order valence-corrected chi connectivity index (χ3v) is 4.69. The smallest absolute Gasteiger partial charge is 0.251 e. The predicted octanol–water partition coefficient (Wildman–Crippen LogP) is 1.89. The molecule has 1 aromatic carbocycles. The summed E-state index contributed by atoms with van der Waals surface area (Å²) in [5.41, 5.74) is 0.612. The van der Waals surface area contributed by atoms with Gasteiger partial charge in [0.1, 0.15) is 11.9 Å². The van der Waals surface area contributed by atoms with Crippen LogP contribution < -0.4 is 10.0 Å². The number of aliphatic hydroxyl groups is 1. The number of hydrogen-bond donors (Lipinski definition) is 3. The van der Waals surface area contributed by atoms with Crippen molar-refractivity contribution in [3.8, 4) is 0 Å². The summed E-state index contributed by atoms with van der Waals surface area (Å²) in [6, 6.07) is 9.42. The molecular formula is C16H20N2O5S. The SMILES string of the molecule is CCCS(=O)(=O)Nc1cccc(C(=O)NCC(O)c2ccco2)c1. The van der Waals surface area contributed by atoms with Crippen LogP contribution in [0.2, 0.25) is 0 Å². The molecule has 2 aromatic rings. The van der Waals surface area contributed by atoms with Gasteiger partial charge in [-0.3, -0.25) is 9.52 Å². The predicted molar refractivity (Wildman–Crippen MR) is 90.1 cm³/mol. The van der Waals surface area contributed by atoms with Crippen LogP contribution in [-0.2, 0) is 10.0 Å². The maximum absolute atomic E-state index is 12.1. The summed E-state index contributed by atoms with van der Waals surface area (Å²) < 4.78 is 31.0. The van der Waals surface area contributed by atoms with Gasteiger partial charge in [-0.25, -0.2) is 8.42 Å². The van der Waals surface area contributed by atoms with E-state index in [1.807, 2.05) is 0 Å². The van der Waals surface area contributed by atoms with E-state index in [-0.39, 0.29) is 12.3 Å². The Morgan fingerprint density at radius 2 is 2.08 bits per heavy atom. The molecule has 0 saturated carbocycles. The lowest BCUT2D eigenvalue weighted by molar-refractivity contribution is 0.0901. The minimum Gasteiger partial charge on any atom is -0.467 e. The molecule has 24 heavy (non-hydrogen) atoms. The van der Waals surface area contributed by atoms with E-state index in [2.05, 4.69) is 10.0 Å². The van der Waals surface area contributed by atoms with E-state index in [0.717, 1.165) is 0 Å². The number of anilines is 1. The quantitative estimate of drug-likeness (QED) is 0.672. The highest BCUT2D eigenvalue weighted by molar-refractivity contribution is 7.92. The summed E-state index contributed by atoms with van der Waals surface area (Å²) in [5, 5.41) is 12.4. The highest BCUT2D eigenvalue weighted by Gasteiger charge is 2.14. The van der Waals surface area contributed by atoms with Gasteiger partial charge < -0.3 is 14.8 Å². The third kappa shape index (κ3) is 5.10. The fraction of sp³-hybridized carbons (Fsp3) is 0.312. The van der Waals surface area contributed by atoms with Gasteiger partial charge in [0.25, 0.3) is 5.91 Å². The molecule has 2 rings (SSSR count). The number of benzene rings is 1. The summed E-state index contributed by atoms with van der Waals surface area (Å²) in [5.74, 6) is -0.0489. The van der Waals surface area contributed by atoms with E-state index in [0.29, 0.717) is 23.4 Å². The molecule has 7 nitrogen and oxygen atoms in total. The Hall–Kier alpha value is -2.32. The second kappa shape index (κ2) is 7.98. The lowest BCUT2D eigenvalue weighted by atomic mass is 10.2. The van der Waals surface area contributed by atoms with Crippen molar-refractivity contribution >= 4 is 21.6 Å². The first-order valence-electron chi connectivity index (χ1n) is 7.51. The number of furan rings is 1. The molecule has 1 unspecified atom stereocenters. The number of amides is 1. The highest BCUT2D eigenvalue weighted by Crippen LogP contribution is 2.14. The minimum absolute atomic E-state index is 0.0127. The van der Waals surface area contributed by atoms with E-state index in [9.17, 15) is 18.3 Å². The molecule has 1 amide bonds. The zero-order valence-electron chi connectivity index (χ0n) is 13.2. The van der Waals surface area contributed by atoms with E-state index in [1.54, 1.807) is 37.3 Å². The Kier molecular flexibility index (Phi) is 5.99. The van der Waals surface area contributed by atoms with Crippen molar-refractivity contribution in [1.82, 2.24) is 5.32 Å². The van der Waals surface area contributed by atoms with Crippen molar-refractivity contribution in [3.05, 3.63) is 54.0 Å². The zero-order chi connectivity index (χ0) is 17.6. The van der Waals surface area contributed by atoms with Gasteiger partial charge in [0.2, 0.25) is 10.0 Å². The Labute approximate surface area is 140 Å². The standard InChI is InChI=1S/C16H20N2O5S/c1-2-9-24(21,22)18-13-6-3-5-12(10-13)16(20)17-11-14(19)15-7-4-8-23-15/h3-8,10,14,18-19H,2,9,11H2,1H3,(H,17,20). The molecule has 0 fully saturated rings. The molecular weight excluding hydrogens is 332 g/mol. The number of carbonyl (C=O) groups is 1. The summed E-state index contributed by atoms with van der Waals surface area (Å²) in [7, 11) is -3.42. The van der Waals surface area contributed by atoms with Crippen LogP contribution in [0.15, 0.2) is 47.1 Å². The molecule has 3 N–H and O–H groups in total. The molecule has 0 aliphatic carbocycles.